The first-order valence-electron chi connectivity index (χ1n) is 12.3. The van der Waals surface area contributed by atoms with Crippen molar-refractivity contribution in [1.29, 1.82) is 0 Å². The van der Waals surface area contributed by atoms with Gasteiger partial charge in [-0.3, -0.25) is 0 Å². The maximum atomic E-state index is 11.8. The van der Waals surface area contributed by atoms with Gasteiger partial charge in [-0.2, -0.15) is 0 Å². The van der Waals surface area contributed by atoms with Gasteiger partial charge in [-0.1, -0.05) is 37.0 Å². The second kappa shape index (κ2) is 10.6. The molecular formula is C25H38O6Si2. The van der Waals surface area contributed by atoms with Crippen LogP contribution in [0.2, 0.25) is 5.67 Å². The van der Waals surface area contributed by atoms with Gasteiger partial charge in [-0.25, -0.2) is 0 Å². The van der Waals surface area contributed by atoms with Crippen LogP contribution in [0, 0.1) is 37.0 Å². The average molecular weight is 491 g/mol. The molecule has 0 aromatic heterocycles. The predicted octanol–water partition coefficient (Wildman–Crippen LogP) is 3.44. The van der Waals surface area contributed by atoms with Crippen LogP contribution in [0.3, 0.4) is 0 Å². The molecule has 0 saturated heterocycles. The highest BCUT2D eigenvalue weighted by molar-refractivity contribution is 6.78. The quantitative estimate of drug-likeness (QED) is 0.357. The van der Waals surface area contributed by atoms with E-state index in [4.69, 9.17) is 32.5 Å². The molecule has 3 aliphatic rings. The van der Waals surface area contributed by atoms with Crippen LogP contribution in [-0.2, 0) is 13.3 Å². The van der Waals surface area contributed by atoms with E-state index in [-0.39, 0.29) is 0 Å². The Bertz CT molecular complexity index is 749. The van der Waals surface area contributed by atoms with Gasteiger partial charge < -0.3 is 27.7 Å². The van der Waals surface area contributed by atoms with E-state index in [9.17, 15) is 14.4 Å². The van der Waals surface area contributed by atoms with E-state index < -0.39 is 40.1 Å². The molecule has 0 unspecified atom stereocenters. The van der Waals surface area contributed by atoms with Crippen LogP contribution in [0.5, 0.6) is 0 Å². The third-order valence-electron chi connectivity index (χ3n) is 7.30. The molecule has 0 aliphatic heterocycles. The number of terminal acetylenes is 3. The van der Waals surface area contributed by atoms with Crippen LogP contribution in [0.4, 0.5) is 0 Å². The van der Waals surface area contributed by atoms with E-state index in [0.717, 1.165) is 57.8 Å². The summed E-state index contributed by atoms with van der Waals surface area (Å²) in [5.41, 5.74) is -3.62. The highest BCUT2D eigenvalue weighted by atomic mass is 28.5. The lowest BCUT2D eigenvalue weighted by Gasteiger charge is -2.44. The van der Waals surface area contributed by atoms with Crippen molar-refractivity contribution in [2.45, 2.75) is 119 Å². The molecule has 6 nitrogen and oxygen atoms in total. The fourth-order valence-corrected chi connectivity index (χ4v) is 11.4. The Kier molecular flexibility index (Phi) is 8.54. The predicted molar refractivity (Wildman–Crippen MR) is 130 cm³/mol. The van der Waals surface area contributed by atoms with Gasteiger partial charge in [-0.15, -0.1) is 19.3 Å². The van der Waals surface area contributed by atoms with Crippen molar-refractivity contribution in [3.63, 3.8) is 0 Å². The van der Waals surface area contributed by atoms with Crippen molar-refractivity contribution >= 4 is 17.6 Å². The van der Waals surface area contributed by atoms with Gasteiger partial charge in [0.1, 0.15) is 16.8 Å². The Hall–Kier alpha value is -1.13. The molecule has 0 atom stereocenters. The van der Waals surface area contributed by atoms with Crippen LogP contribution in [0.25, 0.3) is 0 Å². The minimum atomic E-state index is -4.50. The van der Waals surface area contributed by atoms with E-state index in [1.807, 2.05) is 0 Å². The number of hydrogen-bond donors (Lipinski definition) is 3. The summed E-state index contributed by atoms with van der Waals surface area (Å²) in [6.45, 7) is 0. The molecule has 3 N–H and O–H groups in total. The van der Waals surface area contributed by atoms with Crippen molar-refractivity contribution < 1.29 is 27.7 Å². The summed E-state index contributed by atoms with van der Waals surface area (Å²) in [4.78, 5) is 33.9. The zero-order valence-corrected chi connectivity index (χ0v) is 21.6. The van der Waals surface area contributed by atoms with Gasteiger partial charge in [0.15, 0.2) is 0 Å². The average Bonchev–Trinajstić information content (AvgIpc) is 2.79. The van der Waals surface area contributed by atoms with E-state index in [1.54, 1.807) is 0 Å². The van der Waals surface area contributed by atoms with Crippen LogP contribution in [0.15, 0.2) is 0 Å². The van der Waals surface area contributed by atoms with E-state index in [0.29, 0.717) is 38.5 Å². The van der Waals surface area contributed by atoms with Crippen LogP contribution in [0.1, 0.15) is 96.3 Å². The lowest BCUT2D eigenvalue weighted by atomic mass is 9.86. The second-order valence-corrected chi connectivity index (χ2v) is 15.0. The van der Waals surface area contributed by atoms with Gasteiger partial charge in [0.25, 0.3) is 0 Å². The molecule has 182 valence electrons. The van der Waals surface area contributed by atoms with Crippen molar-refractivity contribution in [2.24, 2.45) is 0 Å². The summed E-state index contributed by atoms with van der Waals surface area (Å²) in [7, 11) is -8.79. The third kappa shape index (κ3) is 6.72. The monoisotopic (exact) mass is 490 g/mol. The molecule has 33 heavy (non-hydrogen) atoms. The Morgan fingerprint density at radius 2 is 0.848 bits per heavy atom. The van der Waals surface area contributed by atoms with E-state index in [2.05, 4.69) is 17.8 Å². The standard InChI is InChI=1S/C25H38O6Si2/c1-4-23(16-10-7-11-17-23)29-32(26,27)22-33(28,30-24(5-2)18-12-8-13-19-24)31-25(6-3)20-14-9-15-21-25/h1-3,26-28H,7-22H2. The lowest BCUT2D eigenvalue weighted by Crippen LogP contribution is -2.62. The van der Waals surface area contributed by atoms with Gasteiger partial charge in [-0.05, 0) is 77.0 Å². The first-order chi connectivity index (χ1) is 15.6. The molecule has 3 aliphatic carbocycles. The number of rotatable bonds is 8. The molecule has 0 spiro atoms. The topological polar surface area (TPSA) is 88.4 Å². The van der Waals surface area contributed by atoms with Gasteiger partial charge in [0.05, 0.1) is 5.67 Å². The molecule has 0 radical (unpaired) electrons. The highest BCUT2D eigenvalue weighted by Crippen LogP contribution is 2.41. The fourth-order valence-electron chi connectivity index (χ4n) is 5.54. The summed E-state index contributed by atoms with van der Waals surface area (Å²) in [6.07, 6.45) is 29.2. The molecule has 0 aromatic rings. The summed E-state index contributed by atoms with van der Waals surface area (Å²) < 4.78 is 18.4. The zero-order valence-electron chi connectivity index (χ0n) is 19.6. The minimum absolute atomic E-state index is 0.545. The Balaban J connectivity index is 1.87. The molecular weight excluding hydrogens is 452 g/mol. The highest BCUT2D eigenvalue weighted by Gasteiger charge is 2.59. The lowest BCUT2D eigenvalue weighted by molar-refractivity contribution is -0.0496. The second-order valence-electron chi connectivity index (χ2n) is 10.0. The number of hydrogen-bond acceptors (Lipinski definition) is 6. The normalized spacial score (nSPS) is 24.7. The van der Waals surface area contributed by atoms with Crippen LogP contribution in [-0.4, -0.2) is 48.8 Å². The van der Waals surface area contributed by atoms with Gasteiger partial charge in [0, 0.05) is 0 Å². The molecule has 0 aromatic carbocycles. The summed E-state index contributed by atoms with van der Waals surface area (Å²) in [5, 5.41) is 0. The first-order valence-corrected chi connectivity index (χ1v) is 16.3. The Labute approximate surface area is 201 Å². The SMILES string of the molecule is C#CC1(O[Si](O)(O)C[Si](O)(OC2(C#C)CCCCC2)OC2(C#C)CCCCC2)CCCCC1. The molecule has 0 heterocycles. The van der Waals surface area contributed by atoms with Crippen molar-refractivity contribution in [3.05, 3.63) is 0 Å². The third-order valence-corrected chi connectivity index (χ3v) is 13.1. The van der Waals surface area contributed by atoms with Crippen LogP contribution >= 0.6 is 0 Å². The maximum Gasteiger partial charge on any atom is 0.505 e. The molecule has 3 saturated carbocycles. The summed E-state index contributed by atoms with van der Waals surface area (Å²) >= 11 is 0. The van der Waals surface area contributed by atoms with Gasteiger partial charge >= 0.3 is 17.6 Å². The minimum Gasteiger partial charge on any atom is -0.390 e. The van der Waals surface area contributed by atoms with Gasteiger partial charge in [0.2, 0.25) is 0 Å². The largest absolute Gasteiger partial charge is 0.505 e. The van der Waals surface area contributed by atoms with Crippen molar-refractivity contribution in [2.75, 3.05) is 0 Å². The molecule has 3 rings (SSSR count). The Morgan fingerprint density at radius 1 is 0.545 bits per heavy atom. The molecule has 8 heteroatoms. The molecule has 3 fully saturated rings. The van der Waals surface area contributed by atoms with E-state index in [1.165, 1.54) is 0 Å². The van der Waals surface area contributed by atoms with E-state index >= 15 is 0 Å². The molecule has 0 bridgehead atoms. The zero-order chi connectivity index (χ0) is 24.1. The molecule has 0 amide bonds. The fraction of sp³-hybridized carbons (Fsp3) is 0.760. The summed E-state index contributed by atoms with van der Waals surface area (Å²) in [6, 6.07) is 0. The van der Waals surface area contributed by atoms with Crippen LogP contribution < -0.4 is 0 Å². The van der Waals surface area contributed by atoms with Crippen molar-refractivity contribution in [1.82, 2.24) is 0 Å². The maximum absolute atomic E-state index is 11.8. The smallest absolute Gasteiger partial charge is 0.390 e. The Morgan fingerprint density at radius 3 is 1.15 bits per heavy atom. The first kappa shape index (κ1) is 26.5. The van der Waals surface area contributed by atoms with Crippen molar-refractivity contribution in [3.8, 4) is 37.0 Å². The summed E-state index contributed by atoms with van der Waals surface area (Å²) in [5.74, 6) is 8.09.